The van der Waals surface area contributed by atoms with Crippen molar-refractivity contribution in [3.8, 4) is 0 Å². The standard InChI is InChI=1S/C87H138O17P2/c1-5-9-13-17-21-25-29-32-35-38-40-43-45-48-52-55-59-63-67-71-84(89)97-77-82(103-86(91)73-69-65-61-57-51-28-24-20-16-12-8-4)79-101-105(93,94)99-75-81(88)76-100-106(95,96)102-80-83(104-87(92)74-70-66-62-58-54-50-47-42-37-34-31-27-23-19-15-11-7-3)78-98-85(90)72-68-64-60-56-53-49-46-44-41-39-36-33-30-26-22-18-14-10-6-2/h9-11,13-15,20-27,32-37,40-41,43-44,47,49-50,53,58,60,62,64,81-83,88H,5-8,12,16-19,28-31,38-39,42,45-46,48,51-52,54-57,59,61,63,65-80H2,1-4H3,(H,93,94)(H,95,96)/b13-9-,14-10-,15-11-,24-20-,25-21-,26-22-,27-23-,35-32-,36-33-,37-34-,43-40-,44-41-,50-47-,53-49-,62-58-,64-60-. The molecule has 106 heavy (non-hydrogen) atoms. The van der Waals surface area contributed by atoms with Crippen molar-refractivity contribution in [2.45, 2.75) is 290 Å². The van der Waals surface area contributed by atoms with E-state index in [0.717, 1.165) is 167 Å². The summed E-state index contributed by atoms with van der Waals surface area (Å²) in [4.78, 5) is 72.9. The second kappa shape index (κ2) is 77.1. The van der Waals surface area contributed by atoms with E-state index in [9.17, 15) is 43.2 Å². The van der Waals surface area contributed by atoms with Gasteiger partial charge in [-0.05, 0) is 161 Å². The molecule has 19 heteroatoms. The molecule has 0 aliphatic carbocycles. The molecule has 5 atom stereocenters. The number of aliphatic hydroxyl groups is 1. The van der Waals surface area contributed by atoms with Crippen molar-refractivity contribution in [3.05, 3.63) is 194 Å². The first-order valence-electron chi connectivity index (χ1n) is 39.7. The maximum atomic E-state index is 13.1. The van der Waals surface area contributed by atoms with Gasteiger partial charge in [0.2, 0.25) is 0 Å². The van der Waals surface area contributed by atoms with E-state index in [-0.39, 0.29) is 25.7 Å². The lowest BCUT2D eigenvalue weighted by Gasteiger charge is -2.21. The maximum Gasteiger partial charge on any atom is 0.472 e. The summed E-state index contributed by atoms with van der Waals surface area (Å²) in [5, 5.41) is 10.6. The van der Waals surface area contributed by atoms with E-state index in [1.165, 1.54) is 12.8 Å². The molecule has 0 aliphatic heterocycles. The molecule has 5 unspecified atom stereocenters. The van der Waals surface area contributed by atoms with E-state index >= 15 is 0 Å². The lowest BCUT2D eigenvalue weighted by Crippen LogP contribution is -2.30. The quantitative estimate of drug-likeness (QED) is 0.0169. The molecule has 0 fully saturated rings. The van der Waals surface area contributed by atoms with Crippen LogP contribution in [0.25, 0.3) is 0 Å². The Morgan fingerprint density at radius 1 is 0.274 bits per heavy atom. The molecular weight excluding hydrogens is 1380 g/mol. The van der Waals surface area contributed by atoms with Crippen LogP contribution in [-0.4, -0.2) is 96.7 Å². The van der Waals surface area contributed by atoms with Crippen LogP contribution in [-0.2, 0) is 65.4 Å². The molecule has 0 radical (unpaired) electrons. The molecule has 0 saturated heterocycles. The Balaban J connectivity index is 5.48. The molecule has 17 nitrogen and oxygen atoms in total. The Kier molecular flexibility index (Phi) is 72.6. The van der Waals surface area contributed by atoms with Crippen molar-refractivity contribution in [2.24, 2.45) is 0 Å². The molecule has 0 bridgehead atoms. The van der Waals surface area contributed by atoms with Crippen LogP contribution in [0.2, 0.25) is 0 Å². The van der Waals surface area contributed by atoms with Gasteiger partial charge in [0.05, 0.1) is 26.4 Å². The summed E-state index contributed by atoms with van der Waals surface area (Å²) < 4.78 is 68.4. The van der Waals surface area contributed by atoms with Crippen molar-refractivity contribution in [1.29, 1.82) is 0 Å². The third kappa shape index (κ3) is 76.1. The van der Waals surface area contributed by atoms with Crippen LogP contribution in [0.15, 0.2) is 194 Å². The van der Waals surface area contributed by atoms with Crippen molar-refractivity contribution in [2.75, 3.05) is 39.6 Å². The molecule has 0 aliphatic rings. The van der Waals surface area contributed by atoms with Gasteiger partial charge in [-0.15, -0.1) is 0 Å². The minimum Gasteiger partial charge on any atom is -0.462 e. The third-order valence-corrected chi connectivity index (χ3v) is 17.4. The van der Waals surface area contributed by atoms with Crippen LogP contribution >= 0.6 is 15.6 Å². The molecule has 0 aromatic heterocycles. The Labute approximate surface area is 640 Å². The van der Waals surface area contributed by atoms with Gasteiger partial charge >= 0.3 is 39.5 Å². The van der Waals surface area contributed by atoms with Gasteiger partial charge in [-0.3, -0.25) is 37.3 Å². The number of esters is 4. The van der Waals surface area contributed by atoms with Gasteiger partial charge < -0.3 is 33.8 Å². The number of carbonyl (C=O) groups excluding carboxylic acids is 4. The number of carbonyl (C=O) groups is 4. The number of allylic oxidation sites excluding steroid dienone is 32. The zero-order valence-corrected chi connectivity index (χ0v) is 67.1. The molecule has 3 N–H and O–H groups in total. The average Bonchev–Trinajstić information content (AvgIpc) is 0.919. The molecule has 0 aromatic rings. The number of rotatable bonds is 72. The second-order valence-corrected chi connectivity index (χ2v) is 28.4. The lowest BCUT2D eigenvalue weighted by atomic mass is 10.1. The molecule has 0 spiro atoms. The van der Waals surface area contributed by atoms with Crippen LogP contribution < -0.4 is 0 Å². The minimum absolute atomic E-state index is 0.00744. The first-order chi connectivity index (χ1) is 51.7. The first-order valence-corrected chi connectivity index (χ1v) is 42.7. The van der Waals surface area contributed by atoms with Gasteiger partial charge in [0.15, 0.2) is 12.2 Å². The van der Waals surface area contributed by atoms with E-state index in [4.69, 9.17) is 37.0 Å². The molecule has 0 rings (SSSR count). The van der Waals surface area contributed by atoms with Crippen LogP contribution in [0.4, 0.5) is 0 Å². The average molecular weight is 1520 g/mol. The fraction of sp³-hybridized carbons (Fsp3) is 0.586. The fourth-order valence-corrected chi connectivity index (χ4v) is 11.2. The fourth-order valence-electron chi connectivity index (χ4n) is 9.61. The Bertz CT molecular complexity index is 2780. The summed E-state index contributed by atoms with van der Waals surface area (Å²) in [6.45, 7) is 4.28. The Hall–Kier alpha value is -6.10. The van der Waals surface area contributed by atoms with Crippen LogP contribution in [0.3, 0.4) is 0 Å². The number of unbranched alkanes of at least 4 members (excludes halogenated alkanes) is 14. The molecular formula is C87H138O17P2. The largest absolute Gasteiger partial charge is 0.472 e. The molecule has 598 valence electrons. The predicted octanol–water partition coefficient (Wildman–Crippen LogP) is 23.3. The first kappa shape index (κ1) is 99.9. The second-order valence-electron chi connectivity index (χ2n) is 25.5. The van der Waals surface area contributed by atoms with E-state index in [0.29, 0.717) is 38.5 Å². The number of phosphoric ester groups is 2. The summed E-state index contributed by atoms with van der Waals surface area (Å²) in [5.41, 5.74) is 0. The van der Waals surface area contributed by atoms with E-state index in [1.54, 1.807) is 0 Å². The summed E-state index contributed by atoms with van der Waals surface area (Å²) in [6.07, 6.45) is 94.4. The minimum atomic E-state index is -5.02. The van der Waals surface area contributed by atoms with Crippen molar-refractivity contribution < 1.29 is 80.2 Å². The van der Waals surface area contributed by atoms with E-state index in [1.807, 2.05) is 30.4 Å². The molecule has 0 amide bonds. The highest BCUT2D eigenvalue weighted by Crippen LogP contribution is 2.45. The van der Waals surface area contributed by atoms with Gasteiger partial charge in [0.25, 0.3) is 0 Å². The summed E-state index contributed by atoms with van der Waals surface area (Å²) in [7, 11) is -10.0. The summed E-state index contributed by atoms with van der Waals surface area (Å²) >= 11 is 0. The maximum absolute atomic E-state index is 13.1. The van der Waals surface area contributed by atoms with Crippen LogP contribution in [0, 0.1) is 0 Å². The molecule has 0 aromatic carbocycles. The smallest absolute Gasteiger partial charge is 0.462 e. The highest BCUT2D eigenvalue weighted by atomic mass is 31.2. The number of aliphatic hydroxyl groups excluding tert-OH is 1. The number of hydrogen-bond donors (Lipinski definition) is 3. The number of ether oxygens (including phenoxy) is 4. The zero-order chi connectivity index (χ0) is 77.4. The number of phosphoric acid groups is 2. The monoisotopic (exact) mass is 1520 g/mol. The van der Waals surface area contributed by atoms with Crippen LogP contribution in [0.5, 0.6) is 0 Å². The lowest BCUT2D eigenvalue weighted by molar-refractivity contribution is -0.161. The highest BCUT2D eigenvalue weighted by Gasteiger charge is 2.30. The highest BCUT2D eigenvalue weighted by molar-refractivity contribution is 7.47. The van der Waals surface area contributed by atoms with Crippen molar-refractivity contribution in [3.63, 3.8) is 0 Å². The van der Waals surface area contributed by atoms with Crippen molar-refractivity contribution >= 4 is 39.5 Å². The molecule has 0 heterocycles. The Morgan fingerprint density at radius 3 is 0.858 bits per heavy atom. The van der Waals surface area contributed by atoms with Gasteiger partial charge in [0, 0.05) is 25.7 Å². The summed E-state index contributed by atoms with van der Waals surface area (Å²) in [6, 6.07) is 0. The number of hydrogen-bond acceptors (Lipinski definition) is 15. The molecule has 0 saturated carbocycles. The topological polar surface area (TPSA) is 237 Å². The third-order valence-electron chi connectivity index (χ3n) is 15.5. The normalized spacial score (nSPS) is 14.9. The van der Waals surface area contributed by atoms with E-state index in [2.05, 4.69) is 192 Å². The van der Waals surface area contributed by atoms with Gasteiger partial charge in [-0.2, -0.15) is 0 Å². The zero-order valence-electron chi connectivity index (χ0n) is 65.3. The van der Waals surface area contributed by atoms with Crippen LogP contribution in [0.1, 0.15) is 272 Å². The SMILES string of the molecule is CC/C=C\C/C=C\C/C=C\C/C=C\C/C=C\C/C=C\CCC(=O)OCC(COP(=O)(O)OCC(O)COP(=O)(O)OCC(COC(=O)CCCCCCCC/C=C\C/C=C\C/C=C\C/C=C\CC)OC(=O)CCCCCCC/C=C\CCCC)OC(=O)CCC/C=C\C/C=C\C/C=C\C/C=C\C/C=C\CC. The predicted molar refractivity (Wildman–Crippen MR) is 436 cm³/mol. The Morgan fingerprint density at radius 2 is 0.519 bits per heavy atom. The van der Waals surface area contributed by atoms with Gasteiger partial charge in [-0.25, -0.2) is 9.13 Å². The van der Waals surface area contributed by atoms with Gasteiger partial charge in [0.1, 0.15) is 19.3 Å². The summed E-state index contributed by atoms with van der Waals surface area (Å²) in [5.74, 6) is -2.39. The van der Waals surface area contributed by atoms with Gasteiger partial charge in [-0.1, -0.05) is 280 Å². The van der Waals surface area contributed by atoms with E-state index < -0.39 is 97.5 Å². The van der Waals surface area contributed by atoms with Crippen molar-refractivity contribution in [1.82, 2.24) is 0 Å².